The third kappa shape index (κ3) is 7.40. The summed E-state index contributed by atoms with van der Waals surface area (Å²) in [5.41, 5.74) is 0.452. The van der Waals surface area contributed by atoms with Gasteiger partial charge in [0.15, 0.2) is 0 Å². The zero-order valence-corrected chi connectivity index (χ0v) is 7.78. The fourth-order valence-electron chi connectivity index (χ4n) is 0.610. The summed E-state index contributed by atoms with van der Waals surface area (Å²) < 4.78 is 0. The second-order valence-corrected chi connectivity index (χ2v) is 2.33. The number of carbonyl (C=O) groups is 1. The van der Waals surface area contributed by atoms with E-state index >= 15 is 0 Å². The standard InChI is InChI=1S/C8H14O2.ClH/c1-3-4-5-6-7(2)8(9)10;/h6H,3-5H2,1-2H3,(H,9,10);1H/b7-6+;. The van der Waals surface area contributed by atoms with E-state index in [-0.39, 0.29) is 12.4 Å². The number of hydrogen-bond acceptors (Lipinski definition) is 1. The maximum atomic E-state index is 10.2. The van der Waals surface area contributed by atoms with E-state index < -0.39 is 5.97 Å². The molecule has 0 fully saturated rings. The van der Waals surface area contributed by atoms with Gasteiger partial charge in [0, 0.05) is 5.57 Å². The Morgan fingerprint density at radius 1 is 1.55 bits per heavy atom. The number of rotatable bonds is 4. The van der Waals surface area contributed by atoms with Crippen molar-refractivity contribution in [2.45, 2.75) is 33.1 Å². The smallest absolute Gasteiger partial charge is 0.330 e. The molecule has 0 aromatic carbocycles. The molecule has 0 atom stereocenters. The highest BCUT2D eigenvalue weighted by molar-refractivity contribution is 5.85. The van der Waals surface area contributed by atoms with Crippen molar-refractivity contribution in [2.24, 2.45) is 0 Å². The molecule has 0 amide bonds. The molecule has 0 aromatic heterocycles. The molecule has 0 aliphatic carbocycles. The van der Waals surface area contributed by atoms with Gasteiger partial charge in [-0.05, 0) is 13.3 Å². The Morgan fingerprint density at radius 3 is 2.45 bits per heavy atom. The number of carboxylic acid groups (broad SMARTS) is 1. The average molecular weight is 179 g/mol. The minimum Gasteiger partial charge on any atom is -0.478 e. The molecule has 0 saturated carbocycles. The van der Waals surface area contributed by atoms with Gasteiger partial charge in [0.1, 0.15) is 0 Å². The van der Waals surface area contributed by atoms with E-state index in [2.05, 4.69) is 6.92 Å². The minimum absolute atomic E-state index is 0. The molecule has 0 rings (SSSR count). The van der Waals surface area contributed by atoms with E-state index in [9.17, 15) is 4.79 Å². The first-order chi connectivity index (χ1) is 4.68. The molecule has 2 nitrogen and oxygen atoms in total. The van der Waals surface area contributed by atoms with Crippen molar-refractivity contribution in [1.82, 2.24) is 0 Å². The van der Waals surface area contributed by atoms with Gasteiger partial charge in [0.25, 0.3) is 0 Å². The summed E-state index contributed by atoms with van der Waals surface area (Å²) in [4.78, 5) is 10.2. The van der Waals surface area contributed by atoms with Crippen molar-refractivity contribution in [3.05, 3.63) is 11.6 Å². The van der Waals surface area contributed by atoms with Crippen molar-refractivity contribution in [3.63, 3.8) is 0 Å². The molecule has 0 saturated heterocycles. The normalized spacial score (nSPS) is 10.5. The molecule has 0 unspecified atom stereocenters. The highest BCUT2D eigenvalue weighted by Crippen LogP contribution is 2.00. The molecule has 66 valence electrons. The lowest BCUT2D eigenvalue weighted by Gasteiger charge is -1.91. The van der Waals surface area contributed by atoms with Crippen molar-refractivity contribution < 1.29 is 9.90 Å². The molecular formula is C8H15ClO2. The number of halogens is 1. The highest BCUT2D eigenvalue weighted by Gasteiger charge is 1.96. The van der Waals surface area contributed by atoms with Crippen LogP contribution in [0.15, 0.2) is 11.6 Å². The summed E-state index contributed by atoms with van der Waals surface area (Å²) in [6, 6.07) is 0. The van der Waals surface area contributed by atoms with Crippen LogP contribution in [0.25, 0.3) is 0 Å². The lowest BCUT2D eigenvalue weighted by atomic mass is 10.2. The zero-order chi connectivity index (χ0) is 7.98. The molecule has 3 heteroatoms. The van der Waals surface area contributed by atoms with E-state index in [0.717, 1.165) is 19.3 Å². The Balaban J connectivity index is 0. The Kier molecular flexibility index (Phi) is 9.07. The van der Waals surface area contributed by atoms with E-state index in [1.54, 1.807) is 13.0 Å². The van der Waals surface area contributed by atoms with Gasteiger partial charge in [-0.15, -0.1) is 12.4 Å². The average Bonchev–Trinajstić information content (AvgIpc) is 1.88. The number of carboxylic acids is 1. The second kappa shape index (κ2) is 7.61. The monoisotopic (exact) mass is 178 g/mol. The van der Waals surface area contributed by atoms with Gasteiger partial charge in [-0.2, -0.15) is 0 Å². The van der Waals surface area contributed by atoms with E-state index in [4.69, 9.17) is 5.11 Å². The molecule has 0 bridgehead atoms. The summed E-state index contributed by atoms with van der Waals surface area (Å²) >= 11 is 0. The first kappa shape index (κ1) is 13.1. The highest BCUT2D eigenvalue weighted by atomic mass is 35.5. The summed E-state index contributed by atoms with van der Waals surface area (Å²) in [5.74, 6) is -0.809. The van der Waals surface area contributed by atoms with Gasteiger partial charge in [0.05, 0.1) is 0 Å². The van der Waals surface area contributed by atoms with Crippen LogP contribution in [-0.4, -0.2) is 11.1 Å². The van der Waals surface area contributed by atoms with Crippen LogP contribution in [0.5, 0.6) is 0 Å². The maximum absolute atomic E-state index is 10.2. The number of hydrogen-bond donors (Lipinski definition) is 1. The number of unbranched alkanes of at least 4 members (excludes halogenated alkanes) is 2. The summed E-state index contributed by atoms with van der Waals surface area (Å²) in [6.45, 7) is 3.71. The van der Waals surface area contributed by atoms with E-state index in [1.807, 2.05) is 0 Å². The predicted octanol–water partition coefficient (Wildman–Crippen LogP) is 2.63. The third-order valence-corrected chi connectivity index (χ3v) is 1.35. The predicted molar refractivity (Wildman–Crippen MR) is 48.2 cm³/mol. The summed E-state index contributed by atoms with van der Waals surface area (Å²) in [5, 5.41) is 8.41. The van der Waals surface area contributed by atoms with Crippen LogP contribution in [0, 0.1) is 0 Å². The number of allylic oxidation sites excluding steroid dienone is 1. The maximum Gasteiger partial charge on any atom is 0.330 e. The molecule has 0 aliphatic heterocycles. The van der Waals surface area contributed by atoms with Crippen LogP contribution < -0.4 is 0 Å². The first-order valence-corrected chi connectivity index (χ1v) is 3.58. The first-order valence-electron chi connectivity index (χ1n) is 3.58. The summed E-state index contributed by atoms with van der Waals surface area (Å²) in [6.07, 6.45) is 4.84. The van der Waals surface area contributed by atoms with Crippen LogP contribution in [0.4, 0.5) is 0 Å². The van der Waals surface area contributed by atoms with Gasteiger partial charge in [-0.1, -0.05) is 25.8 Å². The third-order valence-electron chi connectivity index (χ3n) is 1.35. The van der Waals surface area contributed by atoms with Gasteiger partial charge in [0.2, 0.25) is 0 Å². The largest absolute Gasteiger partial charge is 0.478 e. The Labute approximate surface area is 73.7 Å². The quantitative estimate of drug-likeness (QED) is 0.531. The van der Waals surface area contributed by atoms with Crippen molar-refractivity contribution >= 4 is 18.4 Å². The SMILES string of the molecule is CCCC/C=C(\C)C(=O)O.Cl. The Morgan fingerprint density at radius 2 is 2.09 bits per heavy atom. The molecule has 1 N–H and O–H groups in total. The van der Waals surface area contributed by atoms with E-state index in [1.165, 1.54) is 0 Å². The van der Waals surface area contributed by atoms with Crippen molar-refractivity contribution in [3.8, 4) is 0 Å². The van der Waals surface area contributed by atoms with Crippen molar-refractivity contribution in [2.75, 3.05) is 0 Å². The molecule has 11 heavy (non-hydrogen) atoms. The molecule has 0 aliphatic rings. The van der Waals surface area contributed by atoms with Crippen LogP contribution in [-0.2, 0) is 4.79 Å². The fraction of sp³-hybridized carbons (Fsp3) is 0.625. The fourth-order valence-corrected chi connectivity index (χ4v) is 0.610. The van der Waals surface area contributed by atoms with Crippen LogP contribution in [0.1, 0.15) is 33.1 Å². The van der Waals surface area contributed by atoms with Gasteiger partial charge >= 0.3 is 5.97 Å². The molecular weight excluding hydrogens is 164 g/mol. The molecule has 0 heterocycles. The molecule has 0 radical (unpaired) electrons. The lowest BCUT2D eigenvalue weighted by Crippen LogP contribution is -1.95. The molecule has 0 spiro atoms. The second-order valence-electron chi connectivity index (χ2n) is 2.33. The zero-order valence-electron chi connectivity index (χ0n) is 6.96. The Hall–Kier alpha value is -0.500. The van der Waals surface area contributed by atoms with Crippen molar-refractivity contribution in [1.29, 1.82) is 0 Å². The van der Waals surface area contributed by atoms with Crippen LogP contribution in [0.2, 0.25) is 0 Å². The van der Waals surface area contributed by atoms with Gasteiger partial charge in [-0.25, -0.2) is 4.79 Å². The molecule has 0 aromatic rings. The van der Waals surface area contributed by atoms with Gasteiger partial charge < -0.3 is 5.11 Å². The lowest BCUT2D eigenvalue weighted by molar-refractivity contribution is -0.132. The Bertz CT molecular complexity index is 141. The number of aliphatic carboxylic acids is 1. The van der Waals surface area contributed by atoms with Crippen LogP contribution in [0.3, 0.4) is 0 Å². The summed E-state index contributed by atoms with van der Waals surface area (Å²) in [7, 11) is 0. The topological polar surface area (TPSA) is 37.3 Å². The minimum atomic E-state index is -0.809. The van der Waals surface area contributed by atoms with E-state index in [0.29, 0.717) is 5.57 Å². The van der Waals surface area contributed by atoms with Gasteiger partial charge in [-0.3, -0.25) is 0 Å². The van der Waals surface area contributed by atoms with Crippen LogP contribution >= 0.6 is 12.4 Å².